The number of amides is 1. The highest BCUT2D eigenvalue weighted by atomic mass is 19.3. The molecule has 0 spiro atoms. The SMILES string of the molecule is NC(=O)c1ccc(C(O)Nc2nc3cc4c(cc3[nH]2)OC(F)(F)O4)c(F)c1. The largest absolute Gasteiger partial charge is 0.586 e. The minimum Gasteiger partial charge on any atom is -0.395 e. The van der Waals surface area contributed by atoms with Crippen molar-refractivity contribution in [3.05, 3.63) is 47.3 Å². The van der Waals surface area contributed by atoms with Crippen LogP contribution in [0, 0.1) is 5.82 Å². The summed E-state index contributed by atoms with van der Waals surface area (Å²) >= 11 is 0. The summed E-state index contributed by atoms with van der Waals surface area (Å²) in [6.07, 6.45) is -5.25. The van der Waals surface area contributed by atoms with Crippen LogP contribution in [-0.4, -0.2) is 27.3 Å². The summed E-state index contributed by atoms with van der Waals surface area (Å²) in [5, 5.41) is 12.7. The summed E-state index contributed by atoms with van der Waals surface area (Å²) in [5.74, 6) is -1.95. The summed E-state index contributed by atoms with van der Waals surface area (Å²) in [5.41, 5.74) is 5.47. The fourth-order valence-corrected chi connectivity index (χ4v) is 2.63. The molecule has 0 aliphatic carbocycles. The highest BCUT2D eigenvalue weighted by molar-refractivity contribution is 5.92. The zero-order chi connectivity index (χ0) is 19.3. The number of carbonyl (C=O) groups excluding carboxylic acids is 1. The normalized spacial score (nSPS) is 15.7. The quantitative estimate of drug-likeness (QED) is 0.515. The van der Waals surface area contributed by atoms with E-state index in [4.69, 9.17) is 5.73 Å². The molecule has 2 heterocycles. The Morgan fingerprint density at radius 2 is 1.96 bits per heavy atom. The van der Waals surface area contributed by atoms with Crippen molar-refractivity contribution in [2.24, 2.45) is 5.73 Å². The predicted octanol–water partition coefficient (Wildman–Crippen LogP) is 2.23. The van der Waals surface area contributed by atoms with Gasteiger partial charge in [0, 0.05) is 23.3 Å². The maximum Gasteiger partial charge on any atom is 0.586 e. The van der Waals surface area contributed by atoms with Gasteiger partial charge >= 0.3 is 6.29 Å². The molecule has 2 aromatic carbocycles. The molecule has 0 saturated carbocycles. The van der Waals surface area contributed by atoms with Crippen LogP contribution in [0.4, 0.5) is 19.1 Å². The maximum atomic E-state index is 14.1. The number of nitrogens with one attached hydrogen (secondary N) is 2. The Morgan fingerprint density at radius 1 is 1.26 bits per heavy atom. The molecule has 0 bridgehead atoms. The first-order valence-electron chi connectivity index (χ1n) is 7.55. The Bertz CT molecular complexity index is 1020. The second kappa shape index (κ2) is 5.77. The van der Waals surface area contributed by atoms with Crippen molar-refractivity contribution < 1.29 is 32.5 Å². The molecule has 4 rings (SSSR count). The van der Waals surface area contributed by atoms with E-state index >= 15 is 0 Å². The zero-order valence-electron chi connectivity index (χ0n) is 13.3. The van der Waals surface area contributed by atoms with Gasteiger partial charge in [0.05, 0.1) is 11.0 Å². The van der Waals surface area contributed by atoms with Gasteiger partial charge in [-0.3, -0.25) is 4.79 Å². The second-order valence-corrected chi connectivity index (χ2v) is 5.72. The van der Waals surface area contributed by atoms with E-state index in [1.807, 2.05) is 0 Å². The highest BCUT2D eigenvalue weighted by Gasteiger charge is 2.43. The molecule has 1 amide bonds. The molecule has 3 aromatic rings. The number of halogens is 3. The molecule has 1 aromatic heterocycles. The van der Waals surface area contributed by atoms with E-state index in [9.17, 15) is 23.1 Å². The zero-order valence-corrected chi connectivity index (χ0v) is 13.3. The van der Waals surface area contributed by atoms with Crippen LogP contribution in [0.25, 0.3) is 11.0 Å². The number of carbonyl (C=O) groups is 1. The summed E-state index contributed by atoms with van der Waals surface area (Å²) in [7, 11) is 0. The minimum atomic E-state index is -3.74. The van der Waals surface area contributed by atoms with Gasteiger partial charge in [0.2, 0.25) is 11.9 Å². The lowest BCUT2D eigenvalue weighted by Gasteiger charge is -2.13. The van der Waals surface area contributed by atoms with Crippen LogP contribution in [-0.2, 0) is 0 Å². The molecule has 0 saturated heterocycles. The van der Waals surface area contributed by atoms with Gasteiger partial charge in [-0.2, -0.15) is 0 Å². The number of benzene rings is 2. The van der Waals surface area contributed by atoms with Crippen LogP contribution in [0.2, 0.25) is 0 Å². The van der Waals surface area contributed by atoms with Gasteiger partial charge in [0.1, 0.15) is 5.82 Å². The summed E-state index contributed by atoms with van der Waals surface area (Å²) in [6, 6.07) is 5.87. The van der Waals surface area contributed by atoms with Gasteiger partial charge in [-0.1, -0.05) is 6.07 Å². The van der Waals surface area contributed by atoms with Crippen LogP contribution < -0.4 is 20.5 Å². The first kappa shape index (κ1) is 17.0. The number of nitrogens with zero attached hydrogens (tertiary/aromatic N) is 1. The highest BCUT2D eigenvalue weighted by Crippen LogP contribution is 2.43. The molecule has 140 valence electrons. The number of aromatic nitrogens is 2. The third-order valence-corrected chi connectivity index (χ3v) is 3.86. The van der Waals surface area contributed by atoms with Crippen LogP contribution in [0.15, 0.2) is 30.3 Å². The van der Waals surface area contributed by atoms with Crippen molar-refractivity contribution in [1.29, 1.82) is 0 Å². The van der Waals surface area contributed by atoms with E-state index in [-0.39, 0.29) is 34.1 Å². The molecule has 1 atom stereocenters. The second-order valence-electron chi connectivity index (χ2n) is 5.72. The fourth-order valence-electron chi connectivity index (χ4n) is 2.63. The lowest BCUT2D eigenvalue weighted by atomic mass is 10.1. The van der Waals surface area contributed by atoms with Crippen molar-refractivity contribution in [2.45, 2.75) is 12.5 Å². The van der Waals surface area contributed by atoms with Gasteiger partial charge in [0.25, 0.3) is 0 Å². The van der Waals surface area contributed by atoms with Crippen LogP contribution in [0.1, 0.15) is 22.1 Å². The summed E-state index contributed by atoms with van der Waals surface area (Å²) < 4.78 is 48.9. The number of aromatic amines is 1. The number of hydrogen-bond acceptors (Lipinski definition) is 6. The van der Waals surface area contributed by atoms with Crippen molar-refractivity contribution in [2.75, 3.05) is 5.32 Å². The number of nitrogens with two attached hydrogens (primary N) is 1. The lowest BCUT2D eigenvalue weighted by molar-refractivity contribution is -0.286. The van der Waals surface area contributed by atoms with Gasteiger partial charge < -0.3 is 30.6 Å². The molecule has 0 fully saturated rings. The molecule has 27 heavy (non-hydrogen) atoms. The molecule has 8 nitrogen and oxygen atoms in total. The first-order chi connectivity index (χ1) is 12.7. The number of ether oxygens (including phenoxy) is 2. The van der Waals surface area contributed by atoms with E-state index < -0.39 is 24.2 Å². The topological polar surface area (TPSA) is 122 Å². The summed E-state index contributed by atoms with van der Waals surface area (Å²) in [4.78, 5) is 17.9. The average Bonchev–Trinajstić information content (AvgIpc) is 3.08. The Kier molecular flexibility index (Phi) is 3.63. The molecule has 5 N–H and O–H groups in total. The van der Waals surface area contributed by atoms with Crippen LogP contribution >= 0.6 is 0 Å². The fraction of sp³-hybridized carbons (Fsp3) is 0.125. The number of aliphatic hydroxyl groups is 1. The molecule has 1 aliphatic rings. The van der Waals surface area contributed by atoms with Gasteiger partial charge in [0.15, 0.2) is 17.7 Å². The van der Waals surface area contributed by atoms with Gasteiger partial charge in [-0.15, -0.1) is 8.78 Å². The number of fused-ring (bicyclic) bond motifs is 2. The van der Waals surface area contributed by atoms with Gasteiger partial charge in [-0.25, -0.2) is 9.37 Å². The first-order valence-corrected chi connectivity index (χ1v) is 7.55. The van der Waals surface area contributed by atoms with Gasteiger partial charge in [-0.05, 0) is 12.1 Å². The molecule has 0 radical (unpaired) electrons. The molecule has 1 aliphatic heterocycles. The number of alkyl halides is 2. The van der Waals surface area contributed by atoms with Crippen LogP contribution in [0.3, 0.4) is 0 Å². The standard InChI is InChI=1S/C16H11F3N4O4/c17-8-3-6(13(20)24)1-2-7(8)14(25)23-15-21-9-4-11-12(5-10(9)22-15)27-16(18,19)26-11/h1-5,14,25H,(H2,20,24)(H2,21,22,23). The van der Waals surface area contributed by atoms with Crippen molar-refractivity contribution in [3.63, 3.8) is 0 Å². The number of imidazole rings is 1. The van der Waals surface area contributed by atoms with E-state index in [0.717, 1.165) is 6.07 Å². The van der Waals surface area contributed by atoms with E-state index in [1.165, 1.54) is 24.3 Å². The number of hydrogen-bond donors (Lipinski definition) is 4. The number of H-pyrrole nitrogens is 1. The van der Waals surface area contributed by atoms with Crippen molar-refractivity contribution in [1.82, 2.24) is 9.97 Å². The van der Waals surface area contributed by atoms with E-state index in [1.54, 1.807) is 0 Å². The third-order valence-electron chi connectivity index (χ3n) is 3.86. The summed E-state index contributed by atoms with van der Waals surface area (Å²) in [6.45, 7) is 0. The number of aliphatic hydroxyl groups excluding tert-OH is 1. The predicted molar refractivity (Wildman–Crippen MR) is 85.8 cm³/mol. The molecule has 1 unspecified atom stereocenters. The monoisotopic (exact) mass is 380 g/mol. The lowest BCUT2D eigenvalue weighted by Crippen LogP contribution is -2.25. The third kappa shape index (κ3) is 3.08. The number of anilines is 1. The smallest absolute Gasteiger partial charge is 0.395 e. The maximum absolute atomic E-state index is 14.1. The Labute approximate surface area is 148 Å². The number of primary amides is 1. The molecule has 11 heteroatoms. The van der Waals surface area contributed by atoms with Crippen molar-refractivity contribution >= 4 is 22.9 Å². The molecular formula is C16H11F3N4O4. The Balaban J connectivity index is 1.58. The molecular weight excluding hydrogens is 369 g/mol. The average molecular weight is 380 g/mol. The van der Waals surface area contributed by atoms with E-state index in [2.05, 4.69) is 24.8 Å². The van der Waals surface area contributed by atoms with Crippen molar-refractivity contribution in [3.8, 4) is 11.5 Å². The Morgan fingerprint density at radius 3 is 2.63 bits per heavy atom. The number of rotatable bonds is 4. The Hall–Kier alpha value is -3.47. The van der Waals surface area contributed by atoms with E-state index in [0.29, 0.717) is 5.52 Å². The minimum absolute atomic E-state index is 0.0431. The van der Waals surface area contributed by atoms with Crippen LogP contribution in [0.5, 0.6) is 11.5 Å².